The lowest BCUT2D eigenvalue weighted by molar-refractivity contribution is 0.0880. The van der Waals surface area contributed by atoms with Crippen LogP contribution in [0.2, 0.25) is 0 Å². The van der Waals surface area contributed by atoms with Crippen LogP contribution in [-0.2, 0) is 15.6 Å². The summed E-state index contributed by atoms with van der Waals surface area (Å²) in [6.45, 7) is 2.14. The summed E-state index contributed by atoms with van der Waals surface area (Å²) in [5, 5.41) is 3.01. The topological polar surface area (TPSA) is 85.6 Å². The van der Waals surface area contributed by atoms with Crippen LogP contribution in [0.4, 0.5) is 0 Å². The first kappa shape index (κ1) is 19.5. The first-order chi connectivity index (χ1) is 12.9. The molecule has 1 amide bonds. The number of methoxy groups -OCH3 is 1. The normalized spacial score (nSPS) is 20.2. The first-order valence-corrected chi connectivity index (χ1v) is 10.8. The molecule has 1 aliphatic rings. The van der Waals surface area contributed by atoms with Crippen molar-refractivity contribution in [1.82, 2.24) is 5.32 Å². The van der Waals surface area contributed by atoms with Crippen LogP contribution in [0, 0.1) is 5.92 Å². The van der Waals surface area contributed by atoms with Gasteiger partial charge in [-0.25, -0.2) is 8.42 Å². The third kappa shape index (κ3) is 4.71. The molecule has 1 aromatic carbocycles. The molecule has 2 atom stereocenters. The van der Waals surface area contributed by atoms with E-state index in [9.17, 15) is 13.2 Å². The van der Waals surface area contributed by atoms with Gasteiger partial charge in [0.2, 0.25) is 0 Å². The van der Waals surface area contributed by atoms with Gasteiger partial charge in [0.25, 0.3) is 5.91 Å². The number of ether oxygens (including phenoxy) is 1. The Morgan fingerprint density at radius 1 is 1.15 bits per heavy atom. The number of nitrogens with one attached hydrogen (secondary N) is 1. The molecule has 0 bridgehead atoms. The van der Waals surface area contributed by atoms with E-state index in [1.807, 2.05) is 0 Å². The summed E-state index contributed by atoms with van der Waals surface area (Å²) >= 11 is 0. The molecule has 0 unspecified atom stereocenters. The van der Waals surface area contributed by atoms with E-state index in [0.29, 0.717) is 11.7 Å². The van der Waals surface area contributed by atoms with Gasteiger partial charge in [0.05, 0.1) is 12.0 Å². The van der Waals surface area contributed by atoms with E-state index in [1.165, 1.54) is 31.7 Å². The fraction of sp³-hybridized carbons (Fsp3) is 0.450. The van der Waals surface area contributed by atoms with E-state index in [2.05, 4.69) is 12.2 Å². The molecule has 27 heavy (non-hydrogen) atoms. The van der Waals surface area contributed by atoms with Gasteiger partial charge < -0.3 is 14.5 Å². The van der Waals surface area contributed by atoms with E-state index >= 15 is 0 Å². The van der Waals surface area contributed by atoms with E-state index in [-0.39, 0.29) is 34.1 Å². The van der Waals surface area contributed by atoms with Gasteiger partial charge in [-0.2, -0.15) is 0 Å². The smallest absolute Gasteiger partial charge is 0.287 e. The van der Waals surface area contributed by atoms with Crippen LogP contribution < -0.4 is 10.1 Å². The van der Waals surface area contributed by atoms with Crippen LogP contribution in [0.25, 0.3) is 0 Å². The molecule has 0 spiro atoms. The number of sulfone groups is 1. The van der Waals surface area contributed by atoms with Gasteiger partial charge in [-0.15, -0.1) is 0 Å². The highest BCUT2D eigenvalue weighted by Crippen LogP contribution is 2.25. The molecule has 6 nitrogen and oxygen atoms in total. The van der Waals surface area contributed by atoms with Crippen molar-refractivity contribution in [2.75, 3.05) is 7.11 Å². The lowest BCUT2D eigenvalue weighted by Crippen LogP contribution is -2.40. The van der Waals surface area contributed by atoms with Gasteiger partial charge in [-0.1, -0.05) is 19.8 Å². The minimum absolute atomic E-state index is 0.142. The number of amides is 1. The molecule has 1 N–H and O–H groups in total. The molecular weight excluding hydrogens is 366 g/mol. The standard InChI is InChI=1S/C20H25NO5S/c1-14-5-3-4-6-18(14)21-20(22)19-12-9-16(26-19)13-27(23,24)17-10-7-15(25-2)8-11-17/h7-12,14,18H,3-6,13H2,1-2H3,(H,21,22)/t14-,18-/m1/s1. The monoisotopic (exact) mass is 391 g/mol. The van der Waals surface area contributed by atoms with Crippen LogP contribution >= 0.6 is 0 Å². The second kappa shape index (κ2) is 8.17. The lowest BCUT2D eigenvalue weighted by Gasteiger charge is -2.29. The molecule has 1 aliphatic carbocycles. The van der Waals surface area contributed by atoms with Crippen LogP contribution in [0.15, 0.2) is 45.7 Å². The number of benzene rings is 1. The van der Waals surface area contributed by atoms with Gasteiger partial charge in [0.1, 0.15) is 17.3 Å². The lowest BCUT2D eigenvalue weighted by atomic mass is 9.86. The second-order valence-electron chi connectivity index (χ2n) is 7.04. The van der Waals surface area contributed by atoms with Crippen LogP contribution in [-0.4, -0.2) is 27.5 Å². The van der Waals surface area contributed by atoms with Crippen molar-refractivity contribution in [3.8, 4) is 5.75 Å². The Hall–Kier alpha value is -2.28. The summed E-state index contributed by atoms with van der Waals surface area (Å²) in [4.78, 5) is 12.6. The molecule has 7 heteroatoms. The third-order valence-electron chi connectivity index (χ3n) is 5.06. The molecule has 3 rings (SSSR count). The number of carbonyl (C=O) groups is 1. The van der Waals surface area contributed by atoms with E-state index in [0.717, 1.165) is 19.3 Å². The van der Waals surface area contributed by atoms with Crippen molar-refractivity contribution in [2.24, 2.45) is 5.92 Å². The van der Waals surface area contributed by atoms with Crippen molar-refractivity contribution >= 4 is 15.7 Å². The number of rotatable bonds is 6. The average Bonchev–Trinajstić information content (AvgIpc) is 3.11. The maximum atomic E-state index is 12.5. The van der Waals surface area contributed by atoms with Gasteiger partial charge >= 0.3 is 0 Å². The van der Waals surface area contributed by atoms with Gasteiger partial charge in [0.15, 0.2) is 15.6 Å². The number of furan rings is 1. The van der Waals surface area contributed by atoms with Crippen molar-refractivity contribution in [2.45, 2.75) is 49.3 Å². The van der Waals surface area contributed by atoms with E-state index in [4.69, 9.17) is 9.15 Å². The Labute approximate surface area is 159 Å². The van der Waals surface area contributed by atoms with Gasteiger partial charge in [0, 0.05) is 6.04 Å². The second-order valence-corrected chi connectivity index (χ2v) is 9.03. The third-order valence-corrected chi connectivity index (χ3v) is 6.72. The molecule has 146 valence electrons. The largest absolute Gasteiger partial charge is 0.497 e. The average molecular weight is 391 g/mol. The molecule has 1 heterocycles. The summed E-state index contributed by atoms with van der Waals surface area (Å²) in [5.74, 6) is 0.824. The zero-order valence-electron chi connectivity index (χ0n) is 15.6. The molecular formula is C20H25NO5S. The number of carbonyl (C=O) groups excluding carboxylic acids is 1. The van der Waals surface area contributed by atoms with E-state index < -0.39 is 9.84 Å². The summed E-state index contributed by atoms with van der Waals surface area (Å²) in [5.41, 5.74) is 0. The van der Waals surface area contributed by atoms with Crippen LogP contribution in [0.3, 0.4) is 0 Å². The van der Waals surface area contributed by atoms with Crippen molar-refractivity contribution < 1.29 is 22.4 Å². The summed E-state index contributed by atoms with van der Waals surface area (Å²) in [7, 11) is -2.05. The maximum Gasteiger partial charge on any atom is 0.287 e. The number of hydrogen-bond acceptors (Lipinski definition) is 5. The predicted molar refractivity (Wildman–Crippen MR) is 101 cm³/mol. The van der Waals surface area contributed by atoms with Crippen molar-refractivity contribution in [1.29, 1.82) is 0 Å². The van der Waals surface area contributed by atoms with Crippen LogP contribution in [0.1, 0.15) is 48.9 Å². The Balaban J connectivity index is 1.66. The number of hydrogen-bond donors (Lipinski definition) is 1. The van der Waals surface area contributed by atoms with Gasteiger partial charge in [-0.3, -0.25) is 4.79 Å². The maximum absolute atomic E-state index is 12.5. The molecule has 0 aliphatic heterocycles. The Morgan fingerprint density at radius 3 is 2.52 bits per heavy atom. The molecule has 1 saturated carbocycles. The molecule has 0 radical (unpaired) electrons. The molecule has 2 aromatic rings. The molecule has 1 aromatic heterocycles. The Kier molecular flexibility index (Phi) is 5.89. The first-order valence-electron chi connectivity index (χ1n) is 9.15. The zero-order valence-corrected chi connectivity index (χ0v) is 16.4. The fourth-order valence-corrected chi connectivity index (χ4v) is 4.65. The van der Waals surface area contributed by atoms with E-state index in [1.54, 1.807) is 18.2 Å². The Bertz CT molecular complexity index is 885. The summed E-state index contributed by atoms with van der Waals surface area (Å²) < 4.78 is 35.6. The highest BCUT2D eigenvalue weighted by atomic mass is 32.2. The fourth-order valence-electron chi connectivity index (χ4n) is 3.40. The zero-order chi connectivity index (χ0) is 19.4. The SMILES string of the molecule is COc1ccc(S(=O)(=O)Cc2ccc(C(=O)N[C@@H]3CCCC[C@H]3C)o2)cc1. The van der Waals surface area contributed by atoms with Gasteiger partial charge in [-0.05, 0) is 55.2 Å². The van der Waals surface area contributed by atoms with Crippen molar-refractivity contribution in [3.63, 3.8) is 0 Å². The highest BCUT2D eigenvalue weighted by molar-refractivity contribution is 7.90. The quantitative estimate of drug-likeness (QED) is 0.814. The summed E-state index contributed by atoms with van der Waals surface area (Å²) in [6, 6.07) is 9.40. The minimum atomic E-state index is -3.57. The van der Waals surface area contributed by atoms with Crippen molar-refractivity contribution in [3.05, 3.63) is 47.9 Å². The molecule has 1 fully saturated rings. The minimum Gasteiger partial charge on any atom is -0.497 e. The Morgan fingerprint density at radius 2 is 1.85 bits per heavy atom. The summed E-state index contributed by atoms with van der Waals surface area (Å²) in [6.07, 6.45) is 4.38. The molecule has 0 saturated heterocycles. The highest BCUT2D eigenvalue weighted by Gasteiger charge is 2.25. The predicted octanol–water partition coefficient (Wildman–Crippen LogP) is 3.57. The van der Waals surface area contributed by atoms with Crippen LogP contribution in [0.5, 0.6) is 5.75 Å².